The Morgan fingerprint density at radius 1 is 1.38 bits per heavy atom. The minimum atomic E-state index is -1.05. The minimum Gasteiger partial charge on any atom is -0.480 e. The summed E-state index contributed by atoms with van der Waals surface area (Å²) in [4.78, 5) is 38.1. The molecule has 0 radical (unpaired) electrons. The predicted molar refractivity (Wildman–Crippen MR) is 90.6 cm³/mol. The van der Waals surface area contributed by atoms with Crippen LogP contribution in [0.4, 0.5) is 0 Å². The molecule has 0 spiro atoms. The second-order valence-corrected chi connectivity index (χ2v) is 7.64. The van der Waals surface area contributed by atoms with Gasteiger partial charge in [-0.15, -0.1) is 11.8 Å². The number of amides is 2. The molecule has 1 aromatic carbocycles. The number of thioether (sulfide) groups is 1. The molecule has 1 saturated heterocycles. The van der Waals surface area contributed by atoms with E-state index in [4.69, 9.17) is 0 Å². The maximum absolute atomic E-state index is 12.6. The summed E-state index contributed by atoms with van der Waals surface area (Å²) >= 11 is 1.54. The van der Waals surface area contributed by atoms with E-state index < -0.39 is 18.1 Å². The number of carboxylic acids is 1. The molecule has 2 aliphatic heterocycles. The van der Waals surface area contributed by atoms with E-state index in [9.17, 15) is 19.5 Å². The van der Waals surface area contributed by atoms with Crippen LogP contribution in [0.25, 0.3) is 0 Å². The zero-order valence-corrected chi connectivity index (χ0v) is 14.4. The van der Waals surface area contributed by atoms with Gasteiger partial charge in [-0.25, -0.2) is 4.79 Å². The van der Waals surface area contributed by atoms with Gasteiger partial charge in [-0.1, -0.05) is 32.0 Å². The van der Waals surface area contributed by atoms with Crippen LogP contribution in [0, 0.1) is 5.92 Å². The van der Waals surface area contributed by atoms with Crippen LogP contribution in [0.15, 0.2) is 24.3 Å². The Hall–Kier alpha value is -2.02. The topological polar surface area (TPSA) is 86.7 Å². The number of nitrogens with zero attached hydrogens (tertiary/aromatic N) is 1. The van der Waals surface area contributed by atoms with E-state index in [1.807, 2.05) is 32.0 Å². The molecule has 6 nitrogen and oxygen atoms in total. The highest BCUT2D eigenvalue weighted by atomic mass is 32.2. The summed E-state index contributed by atoms with van der Waals surface area (Å²) in [6.07, 6.45) is 0.360. The first-order valence-corrected chi connectivity index (χ1v) is 9.01. The summed E-state index contributed by atoms with van der Waals surface area (Å²) in [5.41, 5.74) is 1.56. The maximum Gasteiger partial charge on any atom is 0.326 e. The molecule has 2 aliphatic rings. The summed E-state index contributed by atoms with van der Waals surface area (Å²) in [5.74, 6) is -0.967. The van der Waals surface area contributed by atoms with E-state index in [0.29, 0.717) is 17.7 Å². The summed E-state index contributed by atoms with van der Waals surface area (Å²) < 4.78 is 0. The second kappa shape index (κ2) is 6.47. The van der Waals surface area contributed by atoms with Crippen molar-refractivity contribution in [2.24, 2.45) is 5.92 Å². The fraction of sp³-hybridized carbons (Fsp3) is 0.471. The number of hydrogen-bond donors (Lipinski definition) is 2. The van der Waals surface area contributed by atoms with Gasteiger partial charge in [0.05, 0.1) is 0 Å². The molecule has 24 heavy (non-hydrogen) atoms. The number of hydrogen-bond acceptors (Lipinski definition) is 4. The molecule has 7 heteroatoms. The third kappa shape index (κ3) is 2.88. The fourth-order valence-electron chi connectivity index (χ4n) is 3.20. The predicted octanol–water partition coefficient (Wildman–Crippen LogP) is 1.87. The lowest BCUT2D eigenvalue weighted by Gasteiger charge is -2.25. The molecule has 3 atom stereocenters. The molecule has 128 valence electrons. The van der Waals surface area contributed by atoms with Crippen molar-refractivity contribution in [1.82, 2.24) is 10.2 Å². The lowest BCUT2D eigenvalue weighted by molar-refractivity contribution is -0.142. The van der Waals surface area contributed by atoms with Crippen LogP contribution in [-0.4, -0.2) is 45.6 Å². The highest BCUT2D eigenvalue weighted by molar-refractivity contribution is 7.99. The molecule has 0 saturated carbocycles. The van der Waals surface area contributed by atoms with Crippen LogP contribution in [0.1, 0.15) is 41.6 Å². The molecular weight excluding hydrogens is 328 g/mol. The van der Waals surface area contributed by atoms with Crippen molar-refractivity contribution in [2.75, 3.05) is 5.75 Å². The molecule has 2 N–H and O–H groups in total. The monoisotopic (exact) mass is 348 g/mol. The molecule has 0 aromatic heterocycles. The largest absolute Gasteiger partial charge is 0.480 e. The average molecular weight is 348 g/mol. The number of carboxylic acid groups (broad SMARTS) is 1. The Labute approximate surface area is 144 Å². The Kier molecular flexibility index (Phi) is 4.54. The van der Waals surface area contributed by atoms with Gasteiger partial charge in [0.2, 0.25) is 5.91 Å². The zero-order valence-electron chi connectivity index (χ0n) is 13.6. The van der Waals surface area contributed by atoms with Gasteiger partial charge in [0.15, 0.2) is 0 Å². The van der Waals surface area contributed by atoms with Crippen molar-refractivity contribution in [3.05, 3.63) is 35.4 Å². The highest BCUT2D eigenvalue weighted by Gasteiger charge is 2.48. The normalized spacial score (nSPS) is 23.1. The van der Waals surface area contributed by atoms with E-state index in [1.54, 1.807) is 22.7 Å². The molecule has 2 heterocycles. The first-order valence-electron chi connectivity index (χ1n) is 7.96. The maximum atomic E-state index is 12.6. The summed E-state index contributed by atoms with van der Waals surface area (Å²) in [5, 5.41) is 11.7. The lowest BCUT2D eigenvalue weighted by Crippen LogP contribution is -2.51. The van der Waals surface area contributed by atoms with Crippen molar-refractivity contribution in [3.63, 3.8) is 0 Å². The third-order valence-electron chi connectivity index (χ3n) is 4.32. The molecule has 0 aliphatic carbocycles. The fourth-order valence-corrected chi connectivity index (χ4v) is 4.67. The van der Waals surface area contributed by atoms with E-state index in [-0.39, 0.29) is 23.1 Å². The van der Waals surface area contributed by atoms with Crippen molar-refractivity contribution >= 4 is 29.5 Å². The van der Waals surface area contributed by atoms with Crippen molar-refractivity contribution < 1.29 is 19.5 Å². The smallest absolute Gasteiger partial charge is 0.326 e. The van der Waals surface area contributed by atoms with Gasteiger partial charge in [0, 0.05) is 11.3 Å². The number of aliphatic carboxylic acids is 1. The molecule has 1 unspecified atom stereocenters. The number of nitrogens with one attached hydrogen (secondary N) is 1. The SMILES string of the molecule is CC(C)C[C@H](NC(=O)[C@@H]1CSC2c3ccccc3C(=O)N21)C(=O)O. The van der Waals surface area contributed by atoms with Crippen LogP contribution >= 0.6 is 11.8 Å². The Morgan fingerprint density at radius 2 is 2.08 bits per heavy atom. The molecule has 0 bridgehead atoms. The minimum absolute atomic E-state index is 0.148. The number of carbonyl (C=O) groups is 3. The molecule has 1 aromatic rings. The second-order valence-electron chi connectivity index (χ2n) is 6.53. The summed E-state index contributed by atoms with van der Waals surface area (Å²) in [7, 11) is 0. The number of fused-ring (bicyclic) bond motifs is 3. The average Bonchev–Trinajstić information content (AvgIpc) is 3.07. The van der Waals surface area contributed by atoms with E-state index in [2.05, 4.69) is 5.32 Å². The zero-order chi connectivity index (χ0) is 17.4. The van der Waals surface area contributed by atoms with E-state index in [0.717, 1.165) is 5.56 Å². The van der Waals surface area contributed by atoms with Crippen molar-refractivity contribution in [2.45, 2.75) is 37.7 Å². The first-order chi connectivity index (χ1) is 11.4. The van der Waals surface area contributed by atoms with Gasteiger partial charge in [-0.3, -0.25) is 9.59 Å². The highest BCUT2D eigenvalue weighted by Crippen LogP contribution is 2.48. The van der Waals surface area contributed by atoms with Gasteiger partial charge in [-0.05, 0) is 24.0 Å². The van der Waals surface area contributed by atoms with Gasteiger partial charge in [-0.2, -0.15) is 0 Å². The van der Waals surface area contributed by atoms with E-state index >= 15 is 0 Å². The van der Waals surface area contributed by atoms with Gasteiger partial charge in [0.1, 0.15) is 17.5 Å². The van der Waals surface area contributed by atoms with Crippen LogP contribution in [0.3, 0.4) is 0 Å². The van der Waals surface area contributed by atoms with Crippen LogP contribution < -0.4 is 5.32 Å². The summed E-state index contributed by atoms with van der Waals surface area (Å²) in [6, 6.07) is 5.80. The quantitative estimate of drug-likeness (QED) is 0.848. The lowest BCUT2D eigenvalue weighted by atomic mass is 10.0. The number of carbonyl (C=O) groups excluding carboxylic acids is 2. The van der Waals surface area contributed by atoms with Crippen LogP contribution in [-0.2, 0) is 9.59 Å². The van der Waals surface area contributed by atoms with Gasteiger partial charge >= 0.3 is 5.97 Å². The first kappa shape index (κ1) is 16.8. The number of rotatable bonds is 5. The molecule has 3 rings (SSSR count). The number of benzene rings is 1. The summed E-state index contributed by atoms with van der Waals surface area (Å²) in [6.45, 7) is 3.81. The Morgan fingerprint density at radius 3 is 2.75 bits per heavy atom. The molecular formula is C17H20N2O4S. The van der Waals surface area contributed by atoms with E-state index in [1.165, 1.54) is 0 Å². The third-order valence-corrected chi connectivity index (χ3v) is 5.62. The Balaban J connectivity index is 1.76. The van der Waals surface area contributed by atoms with Crippen molar-refractivity contribution in [3.8, 4) is 0 Å². The Bertz CT molecular complexity index is 691. The van der Waals surface area contributed by atoms with Gasteiger partial charge < -0.3 is 15.3 Å². The van der Waals surface area contributed by atoms with Crippen LogP contribution in [0.5, 0.6) is 0 Å². The molecule has 1 fully saturated rings. The van der Waals surface area contributed by atoms with Crippen LogP contribution in [0.2, 0.25) is 0 Å². The molecule has 2 amide bonds. The van der Waals surface area contributed by atoms with Gasteiger partial charge in [0.25, 0.3) is 5.91 Å². The van der Waals surface area contributed by atoms with Crippen molar-refractivity contribution in [1.29, 1.82) is 0 Å². The standard InChI is InChI=1S/C17H20N2O4S/c1-9(2)7-12(17(22)23)18-14(20)13-8-24-16-11-6-4-3-5-10(11)15(21)19(13)16/h3-6,9,12-13,16H,7-8H2,1-2H3,(H,18,20)(H,22,23)/t12-,13-,16?/m0/s1.